The van der Waals surface area contributed by atoms with Gasteiger partial charge in [0.05, 0.1) is 37.4 Å². The van der Waals surface area contributed by atoms with E-state index in [1.54, 1.807) is 24.3 Å². The number of morpholine rings is 1. The molecule has 0 aromatic heterocycles. The highest BCUT2D eigenvalue weighted by Gasteiger charge is 2.32. The molecule has 0 bridgehead atoms. The topological polar surface area (TPSA) is 97.8 Å². The summed E-state index contributed by atoms with van der Waals surface area (Å²) in [6, 6.07) is 13.3. The van der Waals surface area contributed by atoms with Crippen LogP contribution < -0.4 is 14.2 Å². The van der Waals surface area contributed by atoms with Crippen LogP contribution in [0.2, 0.25) is 0 Å². The van der Waals surface area contributed by atoms with Crippen LogP contribution in [0.15, 0.2) is 59.5 Å². The van der Waals surface area contributed by atoms with Gasteiger partial charge in [-0.1, -0.05) is 36.1 Å². The summed E-state index contributed by atoms with van der Waals surface area (Å²) in [4.78, 5) is 28.8. The molecule has 2 aliphatic heterocycles. The molecule has 13 heteroatoms. The molecule has 0 saturated carbocycles. The van der Waals surface area contributed by atoms with Crippen LogP contribution >= 0.6 is 24.0 Å². The van der Waals surface area contributed by atoms with Gasteiger partial charge in [0.15, 0.2) is 23.1 Å². The summed E-state index contributed by atoms with van der Waals surface area (Å²) in [7, 11) is 1.43. The monoisotopic (exact) mass is 670 g/mol. The highest BCUT2D eigenvalue weighted by Crippen LogP contribution is 2.36. The van der Waals surface area contributed by atoms with E-state index in [2.05, 4.69) is 4.90 Å². The predicted octanol–water partition coefficient (Wildman–Crippen LogP) is 5.72. The fraction of sp³-hybridized carbons (Fsp3) is 0.303. The first-order chi connectivity index (χ1) is 22.2. The lowest BCUT2D eigenvalue weighted by Crippen LogP contribution is -2.38. The Balaban J connectivity index is 1.28. The predicted molar refractivity (Wildman–Crippen MR) is 174 cm³/mol. The number of thiocarbonyl (C=S) groups is 1. The largest absolute Gasteiger partial charge is 0.493 e. The van der Waals surface area contributed by atoms with Crippen LogP contribution in [0.3, 0.4) is 0 Å². The molecule has 0 unspecified atom stereocenters. The van der Waals surface area contributed by atoms with Crippen molar-refractivity contribution >= 4 is 46.3 Å². The molecule has 46 heavy (non-hydrogen) atoms. The van der Waals surface area contributed by atoms with E-state index >= 15 is 0 Å². The number of rotatable bonds is 13. The smallest absolute Gasteiger partial charge is 0.335 e. The number of nitrogens with zero attached hydrogens (tertiary/aromatic N) is 2. The molecule has 2 aliphatic rings. The average Bonchev–Trinajstić information content (AvgIpc) is 3.32. The lowest BCUT2D eigenvalue weighted by Gasteiger charge is -2.26. The Kier molecular flexibility index (Phi) is 11.2. The summed E-state index contributed by atoms with van der Waals surface area (Å²) in [6.07, 6.45) is 2.16. The van der Waals surface area contributed by atoms with Crippen molar-refractivity contribution in [3.63, 3.8) is 0 Å². The fourth-order valence-corrected chi connectivity index (χ4v) is 6.22. The van der Waals surface area contributed by atoms with Gasteiger partial charge in [-0.2, -0.15) is 0 Å². The van der Waals surface area contributed by atoms with Gasteiger partial charge in [-0.25, -0.2) is 13.6 Å². The van der Waals surface area contributed by atoms with E-state index in [4.69, 9.17) is 31.2 Å². The van der Waals surface area contributed by atoms with Crippen molar-refractivity contribution in [3.8, 4) is 28.4 Å². The highest BCUT2D eigenvalue weighted by atomic mass is 32.2. The molecule has 5 rings (SSSR count). The van der Waals surface area contributed by atoms with Crippen molar-refractivity contribution in [2.45, 2.75) is 6.42 Å². The van der Waals surface area contributed by atoms with Gasteiger partial charge < -0.3 is 24.1 Å². The molecular weight excluding hydrogens is 639 g/mol. The Morgan fingerprint density at radius 3 is 2.41 bits per heavy atom. The summed E-state index contributed by atoms with van der Waals surface area (Å²) in [5, 5.41) is 9.19. The molecule has 9 nitrogen and oxygen atoms in total. The minimum atomic E-state index is -1.07. The van der Waals surface area contributed by atoms with Crippen molar-refractivity contribution in [2.24, 2.45) is 0 Å². The van der Waals surface area contributed by atoms with Crippen LogP contribution in [0.5, 0.6) is 17.2 Å². The molecule has 0 spiro atoms. The summed E-state index contributed by atoms with van der Waals surface area (Å²) in [5.41, 5.74) is 1.79. The molecule has 2 saturated heterocycles. The molecule has 2 heterocycles. The zero-order valence-corrected chi connectivity index (χ0v) is 26.6. The van der Waals surface area contributed by atoms with Gasteiger partial charge in [0.2, 0.25) is 0 Å². The summed E-state index contributed by atoms with van der Waals surface area (Å²) in [5.74, 6) is -2.00. The number of carboxylic acids is 1. The Hall–Kier alpha value is -4.04. The van der Waals surface area contributed by atoms with Crippen molar-refractivity contribution in [1.82, 2.24) is 9.80 Å². The molecule has 0 radical (unpaired) electrons. The number of benzene rings is 3. The highest BCUT2D eigenvalue weighted by molar-refractivity contribution is 8.26. The molecule has 1 N–H and O–H groups in total. The number of hydrogen-bond acceptors (Lipinski definition) is 9. The van der Waals surface area contributed by atoms with Crippen molar-refractivity contribution in [3.05, 3.63) is 82.3 Å². The van der Waals surface area contributed by atoms with Gasteiger partial charge in [0, 0.05) is 31.7 Å². The lowest BCUT2D eigenvalue weighted by atomic mass is 10.0. The zero-order chi connectivity index (χ0) is 32.6. The van der Waals surface area contributed by atoms with Gasteiger partial charge in [-0.15, -0.1) is 0 Å². The molecule has 0 atom stereocenters. The average molecular weight is 671 g/mol. The first-order valence-electron chi connectivity index (χ1n) is 14.6. The fourth-order valence-electron chi connectivity index (χ4n) is 4.92. The minimum absolute atomic E-state index is 0.0783. The summed E-state index contributed by atoms with van der Waals surface area (Å²) >= 11 is 6.69. The van der Waals surface area contributed by atoms with E-state index in [1.807, 2.05) is 0 Å². The minimum Gasteiger partial charge on any atom is -0.493 e. The molecule has 242 valence electrons. The maximum absolute atomic E-state index is 14.0. The number of carbonyl (C=O) groups excluding carboxylic acids is 1. The van der Waals surface area contributed by atoms with Gasteiger partial charge in [-0.3, -0.25) is 14.6 Å². The van der Waals surface area contributed by atoms with Crippen LogP contribution in [0.25, 0.3) is 17.2 Å². The van der Waals surface area contributed by atoms with Gasteiger partial charge in [-0.05, 0) is 66.1 Å². The Bertz CT molecular complexity index is 1650. The third kappa shape index (κ3) is 8.21. The van der Waals surface area contributed by atoms with Crippen molar-refractivity contribution in [2.75, 3.05) is 59.7 Å². The number of methoxy groups -OCH3 is 1. The standard InChI is InChI=1S/C33H32F2N2O7S2/c1-41-29-19-23(32(39)40)5-8-28(29)43-13-2-9-37-31(38)30(46-33(37)45)20-24-17-21(22-3-6-25(34)26(35)18-22)4-7-27(24)44-16-12-36-10-14-42-15-11-36/h3-8,17-20H,2,9-16H2,1H3,(H,39,40). The van der Waals surface area contributed by atoms with E-state index in [9.17, 15) is 23.5 Å². The second-order valence-corrected chi connectivity index (χ2v) is 12.1. The van der Waals surface area contributed by atoms with E-state index in [0.717, 1.165) is 25.2 Å². The number of aromatic carboxylic acids is 1. The number of amides is 1. The molecule has 3 aromatic carbocycles. The van der Waals surface area contributed by atoms with E-state index < -0.39 is 17.6 Å². The Labute approximate surface area is 274 Å². The first kappa shape index (κ1) is 33.3. The maximum atomic E-state index is 14.0. The van der Waals surface area contributed by atoms with Crippen molar-refractivity contribution in [1.29, 1.82) is 0 Å². The Morgan fingerprint density at radius 1 is 0.957 bits per heavy atom. The number of carbonyl (C=O) groups is 2. The lowest BCUT2D eigenvalue weighted by molar-refractivity contribution is -0.122. The summed E-state index contributed by atoms with van der Waals surface area (Å²) in [6.45, 7) is 4.65. The van der Waals surface area contributed by atoms with Gasteiger partial charge in [0.25, 0.3) is 5.91 Å². The molecule has 3 aromatic rings. The summed E-state index contributed by atoms with van der Waals surface area (Å²) < 4.78 is 50.6. The van der Waals surface area contributed by atoms with Crippen molar-refractivity contribution < 1.29 is 42.4 Å². The number of ether oxygens (including phenoxy) is 4. The van der Waals surface area contributed by atoms with E-state index in [-0.39, 0.29) is 18.1 Å². The normalized spacial score (nSPS) is 16.2. The van der Waals surface area contributed by atoms with E-state index in [0.29, 0.717) is 82.5 Å². The SMILES string of the molecule is COc1cc(C(=O)O)ccc1OCCCN1C(=O)C(=Cc2cc(-c3ccc(F)c(F)c3)ccc2OCCN2CCOCC2)SC1=S. The quantitative estimate of drug-likeness (QED) is 0.138. The van der Waals surface area contributed by atoms with Gasteiger partial charge in [0.1, 0.15) is 16.7 Å². The zero-order valence-electron chi connectivity index (χ0n) is 25.0. The number of halogens is 2. The molecule has 2 fully saturated rings. The van der Waals surface area contributed by atoms with E-state index in [1.165, 1.54) is 48.0 Å². The third-order valence-electron chi connectivity index (χ3n) is 7.39. The van der Waals surface area contributed by atoms with Crippen LogP contribution in [0.4, 0.5) is 8.78 Å². The van der Waals surface area contributed by atoms with Crippen LogP contribution in [-0.2, 0) is 9.53 Å². The second-order valence-electron chi connectivity index (χ2n) is 10.4. The van der Waals surface area contributed by atoms with Gasteiger partial charge >= 0.3 is 5.97 Å². The number of hydrogen-bond donors (Lipinski definition) is 1. The second kappa shape index (κ2) is 15.5. The third-order valence-corrected chi connectivity index (χ3v) is 8.76. The number of carboxylic acid groups (broad SMARTS) is 1. The Morgan fingerprint density at radius 2 is 1.67 bits per heavy atom. The molecule has 1 amide bonds. The first-order valence-corrected chi connectivity index (χ1v) is 15.8. The molecule has 0 aliphatic carbocycles. The number of thioether (sulfide) groups is 1. The van der Waals surface area contributed by atoms with Crippen LogP contribution in [-0.4, -0.2) is 90.8 Å². The molecular formula is C33H32F2N2O7S2. The van der Waals surface area contributed by atoms with Crippen LogP contribution in [0.1, 0.15) is 22.3 Å². The maximum Gasteiger partial charge on any atom is 0.335 e. The van der Waals surface area contributed by atoms with Crippen LogP contribution in [0, 0.1) is 11.6 Å².